The van der Waals surface area contributed by atoms with Crippen LogP contribution in [0, 0.1) is 11.6 Å². The van der Waals surface area contributed by atoms with E-state index in [0.717, 1.165) is 11.7 Å². The molecule has 2 aromatic rings. The summed E-state index contributed by atoms with van der Waals surface area (Å²) in [5.41, 5.74) is 2.68. The van der Waals surface area contributed by atoms with E-state index in [1.807, 2.05) is 24.3 Å². The van der Waals surface area contributed by atoms with Crippen LogP contribution in [-0.2, 0) is 12.3 Å². The summed E-state index contributed by atoms with van der Waals surface area (Å²) in [6.45, 7) is 0. The maximum absolute atomic E-state index is 13.7. The zero-order valence-corrected chi connectivity index (χ0v) is 12.1. The summed E-state index contributed by atoms with van der Waals surface area (Å²) >= 11 is 0. The molecule has 0 bridgehead atoms. The Balaban J connectivity index is 2.44. The lowest BCUT2D eigenvalue weighted by Gasteiger charge is -2.07. The van der Waals surface area contributed by atoms with E-state index >= 15 is 0 Å². The van der Waals surface area contributed by atoms with Crippen molar-refractivity contribution in [3.05, 3.63) is 59.2 Å². The Morgan fingerprint density at radius 3 is 1.78 bits per heavy atom. The van der Waals surface area contributed by atoms with Gasteiger partial charge in [-0.3, -0.25) is 0 Å². The standard InChI is InChI=1S/C14H14F2P2/c15-13-5-11(6-14(16)12(13)8-18)10-3-1-9(7-17)2-4-10/h1-6H,7-8,17-18H2. The molecule has 0 aromatic heterocycles. The van der Waals surface area contributed by atoms with Crippen molar-refractivity contribution < 1.29 is 8.78 Å². The Hall–Kier alpha value is -0.840. The maximum Gasteiger partial charge on any atom is 0.130 e. The molecule has 18 heavy (non-hydrogen) atoms. The fourth-order valence-electron chi connectivity index (χ4n) is 1.80. The normalized spacial score (nSPS) is 10.7. The molecule has 0 spiro atoms. The lowest BCUT2D eigenvalue weighted by atomic mass is 10.0. The van der Waals surface area contributed by atoms with Crippen LogP contribution < -0.4 is 0 Å². The second-order valence-electron chi connectivity index (χ2n) is 4.02. The summed E-state index contributed by atoms with van der Waals surface area (Å²) < 4.78 is 27.4. The maximum atomic E-state index is 13.7. The Morgan fingerprint density at radius 1 is 0.778 bits per heavy atom. The van der Waals surface area contributed by atoms with Crippen molar-refractivity contribution in [2.45, 2.75) is 12.3 Å². The lowest BCUT2D eigenvalue weighted by Crippen LogP contribution is -1.93. The van der Waals surface area contributed by atoms with Gasteiger partial charge in [-0.15, -0.1) is 18.5 Å². The molecule has 0 aliphatic heterocycles. The molecule has 0 heterocycles. The zero-order chi connectivity index (χ0) is 13.1. The van der Waals surface area contributed by atoms with Gasteiger partial charge in [-0.25, -0.2) is 8.78 Å². The molecule has 0 aliphatic carbocycles. The third kappa shape index (κ3) is 2.76. The van der Waals surface area contributed by atoms with Gasteiger partial charge in [0.05, 0.1) is 0 Å². The van der Waals surface area contributed by atoms with E-state index in [1.165, 1.54) is 17.7 Å². The van der Waals surface area contributed by atoms with Gasteiger partial charge >= 0.3 is 0 Å². The average Bonchev–Trinajstić information content (AvgIpc) is 2.38. The average molecular weight is 282 g/mol. The van der Waals surface area contributed by atoms with Gasteiger partial charge in [-0.2, -0.15) is 0 Å². The van der Waals surface area contributed by atoms with Crippen LogP contribution in [0.1, 0.15) is 11.1 Å². The fraction of sp³-hybridized carbons (Fsp3) is 0.143. The van der Waals surface area contributed by atoms with Gasteiger partial charge in [0, 0.05) is 5.56 Å². The second kappa shape index (κ2) is 5.87. The highest BCUT2D eigenvalue weighted by Gasteiger charge is 2.10. The minimum atomic E-state index is -0.491. The number of hydrogen-bond acceptors (Lipinski definition) is 0. The molecular formula is C14H14F2P2. The van der Waals surface area contributed by atoms with Crippen LogP contribution in [-0.4, -0.2) is 0 Å². The van der Waals surface area contributed by atoms with E-state index in [1.54, 1.807) is 0 Å². The quantitative estimate of drug-likeness (QED) is 0.733. The summed E-state index contributed by atoms with van der Waals surface area (Å²) in [4.78, 5) is 0. The Labute approximate surface area is 110 Å². The highest BCUT2D eigenvalue weighted by Crippen LogP contribution is 2.26. The van der Waals surface area contributed by atoms with Crippen LogP contribution in [0.5, 0.6) is 0 Å². The minimum absolute atomic E-state index is 0.116. The van der Waals surface area contributed by atoms with Crippen LogP contribution in [0.25, 0.3) is 11.1 Å². The molecule has 0 nitrogen and oxygen atoms in total. The second-order valence-corrected chi connectivity index (χ2v) is 4.84. The smallest absolute Gasteiger partial charge is 0.130 e. The largest absolute Gasteiger partial charge is 0.207 e. The number of halogens is 2. The van der Waals surface area contributed by atoms with Crippen LogP contribution in [0.2, 0.25) is 0 Å². The molecular weight excluding hydrogens is 268 g/mol. The molecule has 0 saturated carbocycles. The summed E-state index contributed by atoms with van der Waals surface area (Å²) in [5.74, 6) is -0.981. The lowest BCUT2D eigenvalue weighted by molar-refractivity contribution is 0.567. The van der Waals surface area contributed by atoms with Gasteiger partial charge in [0.25, 0.3) is 0 Å². The first-order valence-corrected chi connectivity index (χ1v) is 7.26. The molecule has 4 heteroatoms. The summed E-state index contributed by atoms with van der Waals surface area (Å²) in [6.07, 6.45) is 1.15. The molecule has 94 valence electrons. The molecule has 2 aromatic carbocycles. The predicted molar refractivity (Wildman–Crippen MR) is 78.6 cm³/mol. The number of rotatable bonds is 3. The molecule has 2 rings (SSSR count). The molecule has 0 N–H and O–H groups in total. The monoisotopic (exact) mass is 282 g/mol. The van der Waals surface area contributed by atoms with Crippen LogP contribution in [0.4, 0.5) is 8.78 Å². The van der Waals surface area contributed by atoms with E-state index in [0.29, 0.717) is 5.56 Å². The fourth-order valence-corrected chi connectivity index (χ4v) is 2.46. The van der Waals surface area contributed by atoms with Crippen LogP contribution >= 0.6 is 18.5 Å². The van der Waals surface area contributed by atoms with Crippen molar-refractivity contribution >= 4 is 18.5 Å². The molecule has 0 saturated heterocycles. The highest BCUT2D eigenvalue weighted by molar-refractivity contribution is 7.15. The first-order valence-electron chi connectivity index (χ1n) is 5.63. The van der Waals surface area contributed by atoms with Crippen molar-refractivity contribution in [3.63, 3.8) is 0 Å². The van der Waals surface area contributed by atoms with Gasteiger partial charge in [-0.05, 0) is 41.1 Å². The Bertz CT molecular complexity index is 527. The SMILES string of the molecule is Fc1cc(-c2ccc(CP)cc2)cc(F)c1CP. The molecule has 0 aliphatic rings. The third-order valence-electron chi connectivity index (χ3n) is 2.87. The van der Waals surface area contributed by atoms with Crippen molar-refractivity contribution in [2.75, 3.05) is 0 Å². The zero-order valence-electron chi connectivity index (χ0n) is 9.79. The van der Waals surface area contributed by atoms with Crippen molar-refractivity contribution in [1.82, 2.24) is 0 Å². The Kier molecular flexibility index (Phi) is 4.43. The summed E-state index contributed by atoms with van der Waals surface area (Å²) in [6, 6.07) is 10.5. The summed E-state index contributed by atoms with van der Waals surface area (Å²) in [5, 5.41) is 0. The van der Waals surface area contributed by atoms with Gasteiger partial charge in [-0.1, -0.05) is 24.3 Å². The highest BCUT2D eigenvalue weighted by atomic mass is 31.0. The van der Waals surface area contributed by atoms with Gasteiger partial charge in [0.2, 0.25) is 0 Å². The van der Waals surface area contributed by atoms with E-state index in [9.17, 15) is 8.78 Å². The van der Waals surface area contributed by atoms with Crippen molar-refractivity contribution in [2.24, 2.45) is 0 Å². The number of benzene rings is 2. The van der Waals surface area contributed by atoms with E-state index in [4.69, 9.17) is 0 Å². The summed E-state index contributed by atoms with van der Waals surface area (Å²) in [7, 11) is 4.98. The van der Waals surface area contributed by atoms with Crippen molar-refractivity contribution in [3.8, 4) is 11.1 Å². The first-order chi connectivity index (χ1) is 8.65. The molecule has 0 fully saturated rings. The Morgan fingerprint density at radius 2 is 1.33 bits per heavy atom. The molecule has 2 atom stereocenters. The minimum Gasteiger partial charge on any atom is -0.207 e. The van der Waals surface area contributed by atoms with E-state index in [-0.39, 0.29) is 11.7 Å². The van der Waals surface area contributed by atoms with Crippen LogP contribution in [0.3, 0.4) is 0 Å². The third-order valence-corrected chi connectivity index (χ3v) is 3.75. The topological polar surface area (TPSA) is 0 Å². The number of hydrogen-bond donors (Lipinski definition) is 0. The van der Waals surface area contributed by atoms with Gasteiger partial charge in [0.1, 0.15) is 11.6 Å². The molecule has 0 amide bonds. The van der Waals surface area contributed by atoms with E-state index < -0.39 is 11.6 Å². The van der Waals surface area contributed by atoms with Crippen LogP contribution in [0.15, 0.2) is 36.4 Å². The van der Waals surface area contributed by atoms with Crippen molar-refractivity contribution in [1.29, 1.82) is 0 Å². The van der Waals surface area contributed by atoms with E-state index in [2.05, 4.69) is 18.5 Å². The first kappa shape index (κ1) is 13.6. The predicted octanol–water partition coefficient (Wildman–Crippen LogP) is 4.38. The molecule has 2 unspecified atom stereocenters. The molecule has 0 radical (unpaired) electrons. The van der Waals surface area contributed by atoms with Gasteiger partial charge < -0.3 is 0 Å². The van der Waals surface area contributed by atoms with Gasteiger partial charge in [0.15, 0.2) is 0 Å².